The minimum absolute atomic E-state index is 0.0359. The predicted octanol–water partition coefficient (Wildman–Crippen LogP) is 4.66. The number of para-hydroxylation sites is 1. The lowest BCUT2D eigenvalue weighted by Crippen LogP contribution is -2.53. The molecule has 7 nitrogen and oxygen atoms in total. The van der Waals surface area contributed by atoms with Crippen molar-refractivity contribution in [1.82, 2.24) is 10.2 Å². The first-order valence-corrected chi connectivity index (χ1v) is 14.8. The number of halogens is 2. The van der Waals surface area contributed by atoms with Crippen LogP contribution in [0.1, 0.15) is 25.0 Å². The summed E-state index contributed by atoms with van der Waals surface area (Å²) in [4.78, 5) is 28.8. The van der Waals surface area contributed by atoms with Gasteiger partial charge in [-0.15, -0.1) is 0 Å². The van der Waals surface area contributed by atoms with Gasteiger partial charge in [-0.05, 0) is 41.3 Å². The third kappa shape index (κ3) is 8.80. The molecule has 0 bridgehead atoms. The second-order valence-electron chi connectivity index (χ2n) is 9.71. The molecule has 3 aromatic carbocycles. The maximum absolute atomic E-state index is 14.0. The van der Waals surface area contributed by atoms with Gasteiger partial charge in [0.15, 0.2) is 0 Å². The number of carbonyl (C=O) groups is 2. The first-order valence-electron chi connectivity index (χ1n) is 12.5. The highest BCUT2D eigenvalue weighted by Gasteiger charge is 2.33. The van der Waals surface area contributed by atoms with Crippen LogP contribution in [0.4, 0.5) is 10.1 Å². The molecule has 0 heterocycles. The number of sulfonamides is 1. The van der Waals surface area contributed by atoms with Crippen LogP contribution in [-0.4, -0.2) is 50.5 Å². The summed E-state index contributed by atoms with van der Waals surface area (Å²) in [6.07, 6.45) is 1.19. The minimum Gasteiger partial charge on any atom is -0.354 e. The standard InChI is InChI=1S/C29H33ClFN3O4S/c1-21(2)18-32-29(36)27(17-22-9-5-4-6-10-22)33(19-23-13-15-24(31)16-14-23)28(35)20-34(39(3,37)38)26-12-8-7-11-25(26)30/h4-16,21,27H,17-20H2,1-3H3,(H,32,36)/t27-/m1/s1. The predicted molar refractivity (Wildman–Crippen MR) is 152 cm³/mol. The quantitative estimate of drug-likeness (QED) is 0.341. The summed E-state index contributed by atoms with van der Waals surface area (Å²) < 4.78 is 40.1. The van der Waals surface area contributed by atoms with E-state index in [1.165, 1.54) is 41.3 Å². The van der Waals surface area contributed by atoms with Crippen molar-refractivity contribution < 1.29 is 22.4 Å². The Balaban J connectivity index is 2.05. The lowest BCUT2D eigenvalue weighted by molar-refractivity contribution is -0.140. The average molecular weight is 574 g/mol. The molecule has 39 heavy (non-hydrogen) atoms. The van der Waals surface area contributed by atoms with E-state index >= 15 is 0 Å². The van der Waals surface area contributed by atoms with Crippen molar-refractivity contribution in [3.05, 3.63) is 101 Å². The first-order chi connectivity index (χ1) is 18.5. The van der Waals surface area contributed by atoms with E-state index in [0.29, 0.717) is 12.1 Å². The van der Waals surface area contributed by atoms with Crippen LogP contribution < -0.4 is 9.62 Å². The fourth-order valence-corrected chi connectivity index (χ4v) is 5.16. The summed E-state index contributed by atoms with van der Waals surface area (Å²) in [6, 6.07) is 20.2. The molecule has 0 aliphatic heterocycles. The molecule has 0 aliphatic carbocycles. The normalized spacial score (nSPS) is 12.2. The summed E-state index contributed by atoms with van der Waals surface area (Å²) in [5.41, 5.74) is 1.56. The van der Waals surface area contributed by atoms with E-state index in [9.17, 15) is 22.4 Å². The number of nitrogens with one attached hydrogen (secondary N) is 1. The second-order valence-corrected chi connectivity index (χ2v) is 12.0. The number of rotatable bonds is 12. The molecule has 0 radical (unpaired) electrons. The minimum atomic E-state index is -3.92. The molecule has 3 rings (SSSR count). The molecule has 1 atom stereocenters. The maximum Gasteiger partial charge on any atom is 0.244 e. The van der Waals surface area contributed by atoms with Gasteiger partial charge in [0.05, 0.1) is 17.0 Å². The van der Waals surface area contributed by atoms with E-state index < -0.39 is 34.3 Å². The van der Waals surface area contributed by atoms with Gasteiger partial charge < -0.3 is 10.2 Å². The molecule has 3 aromatic rings. The second kappa shape index (κ2) is 13.6. The Labute approximate surface area is 234 Å². The van der Waals surface area contributed by atoms with Gasteiger partial charge in [0, 0.05) is 19.5 Å². The van der Waals surface area contributed by atoms with Gasteiger partial charge in [-0.2, -0.15) is 0 Å². The number of hydrogen-bond donors (Lipinski definition) is 1. The zero-order valence-corrected chi connectivity index (χ0v) is 23.8. The van der Waals surface area contributed by atoms with Crippen LogP contribution in [0.3, 0.4) is 0 Å². The van der Waals surface area contributed by atoms with E-state index in [1.807, 2.05) is 44.2 Å². The summed E-state index contributed by atoms with van der Waals surface area (Å²) in [7, 11) is -3.92. The smallest absolute Gasteiger partial charge is 0.244 e. The molecular weight excluding hydrogens is 541 g/mol. The Morgan fingerprint density at radius 2 is 1.54 bits per heavy atom. The maximum atomic E-state index is 14.0. The summed E-state index contributed by atoms with van der Waals surface area (Å²) in [6.45, 7) is 3.71. The summed E-state index contributed by atoms with van der Waals surface area (Å²) >= 11 is 6.29. The van der Waals surface area contributed by atoms with Crippen molar-refractivity contribution >= 4 is 39.1 Å². The summed E-state index contributed by atoms with van der Waals surface area (Å²) in [5.74, 6) is -1.24. The van der Waals surface area contributed by atoms with Gasteiger partial charge in [0.2, 0.25) is 21.8 Å². The number of hydrogen-bond acceptors (Lipinski definition) is 4. The fourth-order valence-electron chi connectivity index (χ4n) is 4.01. The van der Waals surface area contributed by atoms with Crippen molar-refractivity contribution in [2.24, 2.45) is 5.92 Å². The zero-order chi connectivity index (χ0) is 28.6. The highest BCUT2D eigenvalue weighted by molar-refractivity contribution is 7.92. The highest BCUT2D eigenvalue weighted by atomic mass is 35.5. The molecule has 208 valence electrons. The van der Waals surface area contributed by atoms with Crippen LogP contribution in [0.15, 0.2) is 78.9 Å². The van der Waals surface area contributed by atoms with Crippen LogP contribution in [0.2, 0.25) is 5.02 Å². The van der Waals surface area contributed by atoms with Crippen molar-refractivity contribution in [3.63, 3.8) is 0 Å². The molecule has 0 saturated heterocycles. The van der Waals surface area contributed by atoms with Crippen LogP contribution >= 0.6 is 11.6 Å². The molecule has 0 fully saturated rings. The number of benzene rings is 3. The Kier molecular flexibility index (Phi) is 10.5. The van der Waals surface area contributed by atoms with Crippen LogP contribution in [0.25, 0.3) is 0 Å². The number of amides is 2. The number of nitrogens with zero attached hydrogens (tertiary/aromatic N) is 2. The monoisotopic (exact) mass is 573 g/mol. The van der Waals surface area contributed by atoms with Crippen LogP contribution in [0, 0.1) is 11.7 Å². The Hall–Kier alpha value is -3.43. The average Bonchev–Trinajstić information content (AvgIpc) is 2.89. The number of anilines is 1. The molecule has 0 aromatic heterocycles. The number of carbonyl (C=O) groups excluding carboxylic acids is 2. The van der Waals surface area contributed by atoms with E-state index in [-0.39, 0.29) is 35.5 Å². The van der Waals surface area contributed by atoms with Gasteiger partial charge in [0.25, 0.3) is 0 Å². The molecule has 2 amide bonds. The lowest BCUT2D eigenvalue weighted by Gasteiger charge is -2.33. The third-order valence-corrected chi connectivity index (χ3v) is 7.47. The van der Waals surface area contributed by atoms with E-state index in [0.717, 1.165) is 16.1 Å². The highest BCUT2D eigenvalue weighted by Crippen LogP contribution is 2.27. The van der Waals surface area contributed by atoms with Gasteiger partial charge in [-0.3, -0.25) is 13.9 Å². The largest absolute Gasteiger partial charge is 0.354 e. The van der Waals surface area contributed by atoms with Crippen LogP contribution in [-0.2, 0) is 32.6 Å². The molecule has 0 aliphatic rings. The van der Waals surface area contributed by atoms with Gasteiger partial charge >= 0.3 is 0 Å². The topological polar surface area (TPSA) is 86.8 Å². The van der Waals surface area contributed by atoms with Gasteiger partial charge in [0.1, 0.15) is 18.4 Å². The molecule has 0 spiro atoms. The van der Waals surface area contributed by atoms with Gasteiger partial charge in [-0.25, -0.2) is 12.8 Å². The van der Waals surface area contributed by atoms with Crippen molar-refractivity contribution in [1.29, 1.82) is 0 Å². The van der Waals surface area contributed by atoms with Crippen molar-refractivity contribution in [2.75, 3.05) is 23.7 Å². The Morgan fingerprint density at radius 1 is 0.923 bits per heavy atom. The fraction of sp³-hybridized carbons (Fsp3) is 0.310. The summed E-state index contributed by atoms with van der Waals surface area (Å²) in [5, 5.41) is 3.07. The molecular formula is C29H33ClFN3O4S. The van der Waals surface area contributed by atoms with Crippen LogP contribution in [0.5, 0.6) is 0 Å². The zero-order valence-electron chi connectivity index (χ0n) is 22.2. The Bertz CT molecular complexity index is 1370. The molecule has 1 N–H and O–H groups in total. The van der Waals surface area contributed by atoms with Crippen molar-refractivity contribution in [2.45, 2.75) is 32.9 Å². The lowest BCUT2D eigenvalue weighted by atomic mass is 10.0. The third-order valence-electron chi connectivity index (χ3n) is 6.02. The van der Waals surface area contributed by atoms with Gasteiger partial charge in [-0.1, -0.05) is 80.0 Å². The SMILES string of the molecule is CC(C)CNC(=O)[C@@H](Cc1ccccc1)N(Cc1ccc(F)cc1)C(=O)CN(c1ccccc1Cl)S(C)(=O)=O. The van der Waals surface area contributed by atoms with E-state index in [1.54, 1.807) is 12.1 Å². The van der Waals surface area contributed by atoms with E-state index in [4.69, 9.17) is 11.6 Å². The first kappa shape index (κ1) is 30.1. The molecule has 0 unspecified atom stereocenters. The Morgan fingerprint density at radius 3 is 2.13 bits per heavy atom. The van der Waals surface area contributed by atoms with Crippen molar-refractivity contribution in [3.8, 4) is 0 Å². The molecule has 0 saturated carbocycles. The molecule has 10 heteroatoms. The van der Waals surface area contributed by atoms with E-state index in [2.05, 4.69) is 5.32 Å².